The van der Waals surface area contributed by atoms with E-state index in [-0.39, 0.29) is 5.69 Å². The summed E-state index contributed by atoms with van der Waals surface area (Å²) in [7, 11) is -4.27. The highest BCUT2D eigenvalue weighted by Crippen LogP contribution is 2.29. The maximum atomic E-state index is 13.7. The van der Waals surface area contributed by atoms with Crippen LogP contribution in [-0.2, 0) is 10.0 Å². The molecular weight excluding hydrogens is 342 g/mol. The van der Waals surface area contributed by atoms with Crippen molar-refractivity contribution in [2.75, 3.05) is 4.72 Å². The second-order valence-electron chi connectivity index (χ2n) is 4.81. The first-order valence-corrected chi connectivity index (χ1v) is 8.69. The second kappa shape index (κ2) is 6.56. The van der Waals surface area contributed by atoms with Gasteiger partial charge in [-0.1, -0.05) is 0 Å². The van der Waals surface area contributed by atoms with Crippen LogP contribution < -0.4 is 4.72 Å². The van der Waals surface area contributed by atoms with Gasteiger partial charge < -0.3 is 0 Å². The predicted molar refractivity (Wildman–Crippen MR) is 84.6 cm³/mol. The summed E-state index contributed by atoms with van der Waals surface area (Å²) in [4.78, 5) is -0.0887. The van der Waals surface area contributed by atoms with Crippen LogP contribution in [-0.4, -0.2) is 8.42 Å². The summed E-state index contributed by atoms with van der Waals surface area (Å²) >= 11 is 0.950. The minimum atomic E-state index is -4.27. The number of hydrogen-bond acceptors (Lipinski definition) is 4. The van der Waals surface area contributed by atoms with Crippen LogP contribution in [0.1, 0.15) is 11.1 Å². The maximum Gasteiger partial charge on any atom is 0.264 e. The molecule has 0 saturated carbocycles. The Morgan fingerprint density at radius 1 is 1.13 bits per heavy atom. The first-order chi connectivity index (χ1) is 10.7. The molecular formula is C15H12F2N2O2S2. The number of halogens is 2. The summed E-state index contributed by atoms with van der Waals surface area (Å²) in [6, 6.07) is 5.51. The monoisotopic (exact) mass is 354 g/mol. The SMILES string of the molecule is Cc1cc(SC#N)cc(C)c1NS(=O)(=O)c1cc(F)ccc1F. The standard InChI is InChI=1S/C15H12F2N2O2S2/c1-9-5-12(22-8-18)6-10(2)15(9)19-23(20,21)14-7-11(16)3-4-13(14)17/h3-7,19H,1-2H3. The van der Waals surface area contributed by atoms with E-state index in [1.54, 1.807) is 26.0 Å². The Labute approximate surface area is 137 Å². The van der Waals surface area contributed by atoms with E-state index in [0.717, 1.165) is 23.9 Å². The van der Waals surface area contributed by atoms with Crippen molar-refractivity contribution in [3.8, 4) is 5.40 Å². The number of sulfonamides is 1. The van der Waals surface area contributed by atoms with Gasteiger partial charge in [-0.3, -0.25) is 4.72 Å². The normalized spacial score (nSPS) is 11.1. The molecule has 2 rings (SSSR count). The Morgan fingerprint density at radius 3 is 2.30 bits per heavy atom. The molecule has 2 aromatic carbocycles. The molecule has 0 unspecified atom stereocenters. The molecule has 0 atom stereocenters. The molecule has 0 amide bonds. The van der Waals surface area contributed by atoms with E-state index in [1.807, 2.05) is 5.40 Å². The van der Waals surface area contributed by atoms with E-state index in [4.69, 9.17) is 5.26 Å². The molecule has 23 heavy (non-hydrogen) atoms. The number of nitrogens with zero attached hydrogens (tertiary/aromatic N) is 1. The van der Waals surface area contributed by atoms with Crippen molar-refractivity contribution in [1.82, 2.24) is 0 Å². The Balaban J connectivity index is 2.46. The van der Waals surface area contributed by atoms with E-state index in [2.05, 4.69) is 4.72 Å². The van der Waals surface area contributed by atoms with Gasteiger partial charge in [0.2, 0.25) is 0 Å². The Morgan fingerprint density at radius 2 is 1.74 bits per heavy atom. The molecule has 0 aliphatic rings. The van der Waals surface area contributed by atoms with Crippen LogP contribution in [0.25, 0.3) is 0 Å². The highest BCUT2D eigenvalue weighted by Gasteiger charge is 2.21. The van der Waals surface area contributed by atoms with Gasteiger partial charge in [0.1, 0.15) is 21.9 Å². The quantitative estimate of drug-likeness (QED) is 0.666. The minimum Gasteiger partial charge on any atom is -0.279 e. The smallest absolute Gasteiger partial charge is 0.264 e. The van der Waals surface area contributed by atoms with Crippen molar-refractivity contribution >= 4 is 27.5 Å². The topological polar surface area (TPSA) is 70.0 Å². The molecule has 1 N–H and O–H groups in total. The number of nitrogens with one attached hydrogen (secondary N) is 1. The van der Waals surface area contributed by atoms with Crippen molar-refractivity contribution in [2.45, 2.75) is 23.6 Å². The number of hydrogen-bond donors (Lipinski definition) is 1. The zero-order valence-electron chi connectivity index (χ0n) is 12.2. The molecule has 8 heteroatoms. The van der Waals surface area contributed by atoms with Crippen LogP contribution in [0, 0.1) is 36.1 Å². The van der Waals surface area contributed by atoms with E-state index < -0.39 is 26.6 Å². The van der Waals surface area contributed by atoms with Crippen molar-refractivity contribution in [3.63, 3.8) is 0 Å². The fourth-order valence-corrected chi connectivity index (χ4v) is 3.94. The van der Waals surface area contributed by atoms with Gasteiger partial charge in [-0.05, 0) is 67.1 Å². The molecule has 0 aliphatic heterocycles. The second-order valence-corrected chi connectivity index (χ2v) is 7.31. The number of thiocyanates is 1. The predicted octanol–water partition coefficient (Wildman–Crippen LogP) is 3.96. The van der Waals surface area contributed by atoms with Gasteiger partial charge in [0.15, 0.2) is 0 Å². The summed E-state index contributed by atoms with van der Waals surface area (Å²) in [5, 5.41) is 10.6. The molecule has 0 spiro atoms. The van der Waals surface area contributed by atoms with Crippen LogP contribution in [0.2, 0.25) is 0 Å². The van der Waals surface area contributed by atoms with Gasteiger partial charge in [0, 0.05) is 4.90 Å². The first kappa shape index (κ1) is 17.2. The number of thioether (sulfide) groups is 1. The molecule has 0 aliphatic carbocycles. The van der Waals surface area contributed by atoms with E-state index in [1.165, 1.54) is 0 Å². The summed E-state index contributed by atoms with van der Waals surface area (Å²) in [5.74, 6) is -1.88. The van der Waals surface area contributed by atoms with Gasteiger partial charge >= 0.3 is 0 Å². The lowest BCUT2D eigenvalue weighted by atomic mass is 10.1. The zero-order chi connectivity index (χ0) is 17.2. The molecule has 0 fully saturated rings. The lowest BCUT2D eigenvalue weighted by Gasteiger charge is -2.14. The van der Waals surface area contributed by atoms with Crippen molar-refractivity contribution in [1.29, 1.82) is 5.26 Å². The highest BCUT2D eigenvalue weighted by molar-refractivity contribution is 8.03. The number of anilines is 1. The fraction of sp³-hybridized carbons (Fsp3) is 0.133. The summed E-state index contributed by atoms with van der Waals surface area (Å²) in [6.45, 7) is 3.32. The van der Waals surface area contributed by atoms with Crippen LogP contribution >= 0.6 is 11.8 Å². The van der Waals surface area contributed by atoms with Crippen molar-refractivity contribution < 1.29 is 17.2 Å². The lowest BCUT2D eigenvalue weighted by Crippen LogP contribution is -2.16. The van der Waals surface area contributed by atoms with Crippen molar-refractivity contribution in [3.05, 3.63) is 53.1 Å². The molecule has 4 nitrogen and oxygen atoms in total. The van der Waals surface area contributed by atoms with Gasteiger partial charge in [-0.15, -0.1) is 0 Å². The summed E-state index contributed by atoms with van der Waals surface area (Å²) < 4.78 is 53.8. The average Bonchev–Trinajstić information content (AvgIpc) is 2.46. The molecule has 0 saturated heterocycles. The number of nitriles is 1. The van der Waals surface area contributed by atoms with Crippen LogP contribution in [0.5, 0.6) is 0 Å². The third kappa shape index (κ3) is 3.81. The molecule has 120 valence electrons. The Hall–Kier alpha value is -2.11. The molecule has 0 radical (unpaired) electrons. The molecule has 2 aromatic rings. The number of rotatable bonds is 4. The van der Waals surface area contributed by atoms with Gasteiger partial charge in [0.25, 0.3) is 10.0 Å². The zero-order valence-corrected chi connectivity index (χ0v) is 13.9. The van der Waals surface area contributed by atoms with Gasteiger partial charge in [0.05, 0.1) is 5.69 Å². The fourth-order valence-electron chi connectivity index (χ4n) is 2.07. The third-order valence-corrected chi connectivity index (χ3v) is 5.02. The Kier molecular flexibility index (Phi) is 4.92. The van der Waals surface area contributed by atoms with E-state index >= 15 is 0 Å². The van der Waals surface area contributed by atoms with Crippen LogP contribution in [0.15, 0.2) is 40.1 Å². The van der Waals surface area contributed by atoms with Gasteiger partial charge in [-0.25, -0.2) is 17.2 Å². The largest absolute Gasteiger partial charge is 0.279 e. The lowest BCUT2D eigenvalue weighted by molar-refractivity contribution is 0.555. The summed E-state index contributed by atoms with van der Waals surface area (Å²) in [6.07, 6.45) is 0. The van der Waals surface area contributed by atoms with E-state index in [0.29, 0.717) is 22.1 Å². The summed E-state index contributed by atoms with van der Waals surface area (Å²) in [5.41, 5.74) is 1.42. The van der Waals surface area contributed by atoms with Crippen molar-refractivity contribution in [2.24, 2.45) is 0 Å². The van der Waals surface area contributed by atoms with Crippen LogP contribution in [0.4, 0.5) is 14.5 Å². The van der Waals surface area contributed by atoms with E-state index in [9.17, 15) is 17.2 Å². The third-order valence-electron chi connectivity index (χ3n) is 3.09. The highest BCUT2D eigenvalue weighted by atomic mass is 32.2. The molecule has 0 bridgehead atoms. The maximum absolute atomic E-state index is 13.7. The first-order valence-electron chi connectivity index (χ1n) is 6.39. The number of aryl methyl sites for hydroxylation is 2. The molecule has 0 aromatic heterocycles. The average molecular weight is 354 g/mol. The Bertz CT molecular complexity index is 883. The minimum absolute atomic E-state index is 0.274. The van der Waals surface area contributed by atoms with Gasteiger partial charge in [-0.2, -0.15) is 5.26 Å². The number of benzene rings is 2. The van der Waals surface area contributed by atoms with Crippen LogP contribution in [0.3, 0.4) is 0 Å². The molecule has 0 heterocycles.